The number of rotatable bonds is 8. The second kappa shape index (κ2) is 9.05. The van der Waals surface area contributed by atoms with Gasteiger partial charge in [0.1, 0.15) is 11.8 Å². The standard InChI is InChI=1S/C12H18N2O4/c1-9(15)10(8-13)12(18)14-7-5-3-2-4-6-11(16)17/h15H,2-7H2,1H3,(H,14,18)(H,16,17)/b10-9-. The maximum absolute atomic E-state index is 11.4. The summed E-state index contributed by atoms with van der Waals surface area (Å²) in [5.74, 6) is -1.68. The van der Waals surface area contributed by atoms with Gasteiger partial charge >= 0.3 is 5.97 Å². The van der Waals surface area contributed by atoms with E-state index in [0.717, 1.165) is 12.8 Å². The summed E-state index contributed by atoms with van der Waals surface area (Å²) in [5.41, 5.74) is -0.277. The van der Waals surface area contributed by atoms with Gasteiger partial charge in [-0.25, -0.2) is 0 Å². The molecular weight excluding hydrogens is 236 g/mol. The van der Waals surface area contributed by atoms with Crippen molar-refractivity contribution in [2.75, 3.05) is 6.54 Å². The largest absolute Gasteiger partial charge is 0.511 e. The summed E-state index contributed by atoms with van der Waals surface area (Å²) in [6.07, 6.45) is 3.12. The quantitative estimate of drug-likeness (QED) is 0.263. The van der Waals surface area contributed by atoms with Crippen LogP contribution in [-0.4, -0.2) is 28.6 Å². The fourth-order valence-corrected chi connectivity index (χ4v) is 1.34. The zero-order valence-corrected chi connectivity index (χ0v) is 10.4. The van der Waals surface area contributed by atoms with Gasteiger partial charge in [-0.3, -0.25) is 9.59 Å². The molecule has 0 spiro atoms. The second-order valence-corrected chi connectivity index (χ2v) is 3.89. The first-order valence-corrected chi connectivity index (χ1v) is 5.79. The summed E-state index contributed by atoms with van der Waals surface area (Å²) < 4.78 is 0. The third-order valence-electron chi connectivity index (χ3n) is 2.30. The third-order valence-corrected chi connectivity index (χ3v) is 2.30. The highest BCUT2D eigenvalue weighted by Gasteiger charge is 2.11. The Balaban J connectivity index is 3.68. The van der Waals surface area contributed by atoms with E-state index in [1.165, 1.54) is 6.92 Å². The third kappa shape index (κ3) is 7.28. The van der Waals surface area contributed by atoms with Crippen molar-refractivity contribution in [3.63, 3.8) is 0 Å². The van der Waals surface area contributed by atoms with Crippen LogP contribution in [0.5, 0.6) is 0 Å². The Bertz CT molecular complexity index is 365. The van der Waals surface area contributed by atoms with Gasteiger partial charge in [0.05, 0.1) is 0 Å². The van der Waals surface area contributed by atoms with E-state index in [1.54, 1.807) is 6.07 Å². The zero-order valence-electron chi connectivity index (χ0n) is 10.4. The second-order valence-electron chi connectivity index (χ2n) is 3.89. The molecule has 1 amide bonds. The number of hydrogen-bond donors (Lipinski definition) is 3. The fourth-order valence-electron chi connectivity index (χ4n) is 1.34. The Morgan fingerprint density at radius 2 is 1.78 bits per heavy atom. The lowest BCUT2D eigenvalue weighted by Gasteiger charge is -2.04. The lowest BCUT2D eigenvalue weighted by molar-refractivity contribution is -0.137. The molecule has 0 rings (SSSR count). The van der Waals surface area contributed by atoms with Crippen LogP contribution in [0.2, 0.25) is 0 Å². The van der Waals surface area contributed by atoms with Gasteiger partial charge in [0.15, 0.2) is 5.57 Å². The minimum atomic E-state index is -0.800. The first-order chi connectivity index (χ1) is 8.49. The van der Waals surface area contributed by atoms with Crippen molar-refractivity contribution in [2.24, 2.45) is 0 Å². The molecule has 18 heavy (non-hydrogen) atoms. The van der Waals surface area contributed by atoms with Crippen LogP contribution in [0.25, 0.3) is 0 Å². The number of allylic oxidation sites excluding steroid dienone is 1. The Morgan fingerprint density at radius 1 is 1.17 bits per heavy atom. The van der Waals surface area contributed by atoms with Gasteiger partial charge in [-0.2, -0.15) is 5.26 Å². The van der Waals surface area contributed by atoms with Crippen LogP contribution in [0.15, 0.2) is 11.3 Å². The molecule has 0 fully saturated rings. The Hall–Kier alpha value is -2.03. The van der Waals surface area contributed by atoms with Crippen LogP contribution in [0.3, 0.4) is 0 Å². The lowest BCUT2D eigenvalue weighted by Crippen LogP contribution is -2.26. The summed E-state index contributed by atoms with van der Waals surface area (Å²) >= 11 is 0. The van der Waals surface area contributed by atoms with Crippen molar-refractivity contribution >= 4 is 11.9 Å². The van der Waals surface area contributed by atoms with Crippen LogP contribution in [0.1, 0.15) is 39.0 Å². The Morgan fingerprint density at radius 3 is 2.28 bits per heavy atom. The number of hydrogen-bond acceptors (Lipinski definition) is 4. The molecule has 0 aromatic carbocycles. The van der Waals surface area contributed by atoms with Crippen molar-refractivity contribution in [2.45, 2.75) is 39.0 Å². The number of carboxylic acid groups (broad SMARTS) is 1. The highest BCUT2D eigenvalue weighted by Crippen LogP contribution is 2.03. The fraction of sp³-hybridized carbons (Fsp3) is 0.583. The van der Waals surface area contributed by atoms with Crippen LogP contribution in [-0.2, 0) is 9.59 Å². The summed E-state index contributed by atoms with van der Waals surface area (Å²) in [5, 5.41) is 28.6. The Labute approximate surface area is 106 Å². The van der Waals surface area contributed by atoms with Crippen molar-refractivity contribution < 1.29 is 19.8 Å². The molecule has 0 radical (unpaired) electrons. The molecule has 0 aromatic rings. The average Bonchev–Trinajstić information content (AvgIpc) is 2.27. The summed E-state index contributed by atoms with van der Waals surface area (Å²) in [6, 6.07) is 1.63. The smallest absolute Gasteiger partial charge is 0.303 e. The number of amides is 1. The predicted octanol–water partition coefficient (Wildman–Crippen LogP) is 1.49. The maximum atomic E-state index is 11.4. The Kier molecular flexibility index (Phi) is 8.03. The highest BCUT2D eigenvalue weighted by atomic mass is 16.4. The number of nitrogens with one attached hydrogen (secondary N) is 1. The molecular formula is C12H18N2O4. The van der Waals surface area contributed by atoms with E-state index < -0.39 is 11.9 Å². The molecule has 3 N–H and O–H groups in total. The minimum Gasteiger partial charge on any atom is -0.511 e. The van der Waals surface area contributed by atoms with E-state index >= 15 is 0 Å². The topological polar surface area (TPSA) is 110 Å². The van der Waals surface area contributed by atoms with Gasteiger partial charge in [-0.15, -0.1) is 0 Å². The number of unbranched alkanes of at least 4 members (excludes halogenated alkanes) is 3. The average molecular weight is 254 g/mol. The molecule has 0 saturated heterocycles. The molecule has 0 atom stereocenters. The van der Waals surface area contributed by atoms with Crippen LogP contribution < -0.4 is 5.32 Å². The first kappa shape index (κ1) is 16.0. The van der Waals surface area contributed by atoms with Crippen molar-refractivity contribution in [3.8, 4) is 6.07 Å². The highest BCUT2D eigenvalue weighted by molar-refractivity contribution is 5.97. The molecule has 0 aliphatic rings. The van der Waals surface area contributed by atoms with Gasteiger partial charge in [0.25, 0.3) is 5.91 Å². The molecule has 0 heterocycles. The first-order valence-electron chi connectivity index (χ1n) is 5.79. The van der Waals surface area contributed by atoms with Gasteiger partial charge in [-0.05, 0) is 19.8 Å². The van der Waals surface area contributed by atoms with E-state index in [4.69, 9.17) is 15.5 Å². The molecule has 0 saturated carbocycles. The molecule has 0 bridgehead atoms. The molecule has 0 aromatic heterocycles. The van der Waals surface area contributed by atoms with Crippen molar-refractivity contribution in [1.82, 2.24) is 5.32 Å². The van der Waals surface area contributed by atoms with Crippen molar-refractivity contribution in [3.05, 3.63) is 11.3 Å². The normalized spacial score (nSPS) is 11.3. The number of aliphatic carboxylic acids is 1. The molecule has 0 aliphatic heterocycles. The van der Waals surface area contributed by atoms with E-state index in [1.807, 2.05) is 0 Å². The minimum absolute atomic E-state index is 0.164. The molecule has 0 aliphatic carbocycles. The summed E-state index contributed by atoms with van der Waals surface area (Å²) in [4.78, 5) is 21.6. The number of nitriles is 1. The predicted molar refractivity (Wildman–Crippen MR) is 64.7 cm³/mol. The lowest BCUT2D eigenvalue weighted by atomic mass is 10.1. The summed E-state index contributed by atoms with van der Waals surface area (Å²) in [7, 11) is 0. The maximum Gasteiger partial charge on any atom is 0.303 e. The van der Waals surface area contributed by atoms with Crippen LogP contribution in [0, 0.1) is 11.3 Å². The van der Waals surface area contributed by atoms with E-state index in [9.17, 15) is 9.59 Å². The SMILES string of the molecule is C/C(O)=C(\C#N)C(=O)NCCCCCCC(=O)O. The number of carbonyl (C=O) groups is 2. The number of nitrogens with zero attached hydrogens (tertiary/aromatic N) is 1. The van der Waals surface area contributed by atoms with Gasteiger partial charge in [0.2, 0.25) is 0 Å². The molecule has 6 nitrogen and oxygen atoms in total. The zero-order chi connectivity index (χ0) is 14.0. The van der Waals surface area contributed by atoms with Gasteiger partial charge in [0, 0.05) is 13.0 Å². The van der Waals surface area contributed by atoms with E-state index in [2.05, 4.69) is 5.32 Å². The monoisotopic (exact) mass is 254 g/mol. The number of aliphatic hydroxyl groups is 1. The molecule has 0 unspecified atom stereocenters. The van der Waals surface area contributed by atoms with Crippen LogP contribution in [0.4, 0.5) is 0 Å². The van der Waals surface area contributed by atoms with Gasteiger partial charge in [-0.1, -0.05) is 12.8 Å². The van der Waals surface area contributed by atoms with E-state index in [-0.39, 0.29) is 17.8 Å². The van der Waals surface area contributed by atoms with Gasteiger partial charge < -0.3 is 15.5 Å². The number of aliphatic hydroxyl groups excluding tert-OH is 1. The number of carbonyl (C=O) groups excluding carboxylic acids is 1. The summed E-state index contributed by atoms with van der Waals surface area (Å²) in [6.45, 7) is 1.69. The number of carboxylic acids is 1. The van der Waals surface area contributed by atoms with E-state index in [0.29, 0.717) is 19.4 Å². The van der Waals surface area contributed by atoms with Crippen LogP contribution >= 0.6 is 0 Å². The molecule has 6 heteroatoms. The van der Waals surface area contributed by atoms with Crippen molar-refractivity contribution in [1.29, 1.82) is 5.26 Å². The molecule has 100 valence electrons.